The van der Waals surface area contributed by atoms with E-state index in [-0.39, 0.29) is 0 Å². The van der Waals surface area contributed by atoms with E-state index in [1.807, 2.05) is 0 Å². The highest BCUT2D eigenvalue weighted by Crippen LogP contribution is 2.46. The molecule has 110 valence electrons. The molecule has 3 fully saturated rings. The number of hydrogen-bond acceptors (Lipinski definition) is 2. The molecule has 0 aromatic rings. The topological polar surface area (TPSA) is 15.3 Å². The molecule has 2 heteroatoms. The Morgan fingerprint density at radius 2 is 1.68 bits per heavy atom. The van der Waals surface area contributed by atoms with E-state index in [1.165, 1.54) is 77.5 Å². The van der Waals surface area contributed by atoms with E-state index >= 15 is 0 Å². The number of hydrogen-bond donors (Lipinski definition) is 1. The van der Waals surface area contributed by atoms with E-state index in [0.29, 0.717) is 5.41 Å². The Labute approximate surface area is 119 Å². The van der Waals surface area contributed by atoms with E-state index in [0.717, 1.165) is 11.5 Å². The summed E-state index contributed by atoms with van der Waals surface area (Å²) in [5.74, 6) is 0. The van der Waals surface area contributed by atoms with Gasteiger partial charge in [0.25, 0.3) is 0 Å². The van der Waals surface area contributed by atoms with Crippen molar-refractivity contribution in [3.8, 4) is 0 Å². The van der Waals surface area contributed by atoms with Gasteiger partial charge in [-0.3, -0.25) is 0 Å². The fraction of sp³-hybridized carbons (Fsp3) is 1.00. The van der Waals surface area contributed by atoms with Crippen molar-refractivity contribution in [2.24, 2.45) is 10.8 Å². The van der Waals surface area contributed by atoms with Crippen molar-refractivity contribution in [1.29, 1.82) is 0 Å². The minimum atomic E-state index is 0.433. The molecule has 3 aliphatic rings. The lowest BCUT2D eigenvalue weighted by Crippen LogP contribution is -2.46. The van der Waals surface area contributed by atoms with Crippen LogP contribution in [0.15, 0.2) is 0 Å². The third kappa shape index (κ3) is 3.72. The highest BCUT2D eigenvalue weighted by atomic mass is 15.1. The summed E-state index contributed by atoms with van der Waals surface area (Å²) in [4.78, 5) is 2.73. The lowest BCUT2D eigenvalue weighted by molar-refractivity contribution is 0.0779. The van der Waals surface area contributed by atoms with Gasteiger partial charge in [0.05, 0.1) is 0 Å². The molecular formula is C17H32N2. The van der Waals surface area contributed by atoms with Gasteiger partial charge in [0.2, 0.25) is 0 Å². The molecule has 2 aliphatic carbocycles. The smallest absolute Gasteiger partial charge is 0.00684 e. The molecule has 3 rings (SSSR count). The van der Waals surface area contributed by atoms with Crippen LogP contribution in [0.25, 0.3) is 0 Å². The molecular weight excluding hydrogens is 232 g/mol. The van der Waals surface area contributed by atoms with Gasteiger partial charge >= 0.3 is 0 Å². The molecule has 0 aromatic carbocycles. The molecule has 0 bridgehead atoms. The van der Waals surface area contributed by atoms with Gasteiger partial charge in [-0.2, -0.15) is 0 Å². The van der Waals surface area contributed by atoms with Crippen molar-refractivity contribution in [3.63, 3.8) is 0 Å². The molecule has 19 heavy (non-hydrogen) atoms. The molecule has 1 N–H and O–H groups in total. The first kappa shape index (κ1) is 13.9. The minimum Gasteiger partial charge on any atom is -0.313 e. The first-order chi connectivity index (χ1) is 9.07. The monoisotopic (exact) mass is 264 g/mol. The molecule has 1 aliphatic heterocycles. The molecule has 0 atom stereocenters. The molecule has 0 amide bonds. The van der Waals surface area contributed by atoms with Gasteiger partial charge in [0.1, 0.15) is 0 Å². The molecule has 2 saturated carbocycles. The lowest BCUT2D eigenvalue weighted by Gasteiger charge is -2.42. The summed E-state index contributed by atoms with van der Waals surface area (Å²) in [6.45, 7) is 10.0. The highest BCUT2D eigenvalue weighted by Gasteiger charge is 2.37. The quantitative estimate of drug-likeness (QED) is 0.818. The fourth-order valence-corrected chi connectivity index (χ4v) is 4.18. The highest BCUT2D eigenvalue weighted by molar-refractivity contribution is 4.91. The van der Waals surface area contributed by atoms with Crippen molar-refractivity contribution >= 4 is 0 Å². The van der Waals surface area contributed by atoms with Gasteiger partial charge in [-0.15, -0.1) is 0 Å². The van der Waals surface area contributed by atoms with Crippen LogP contribution in [-0.2, 0) is 0 Å². The Morgan fingerprint density at radius 1 is 1.05 bits per heavy atom. The van der Waals surface area contributed by atoms with Crippen molar-refractivity contribution in [2.45, 2.75) is 71.3 Å². The zero-order chi connectivity index (χ0) is 13.3. The summed E-state index contributed by atoms with van der Waals surface area (Å²) in [5.41, 5.74) is 1.20. The molecule has 1 saturated heterocycles. The van der Waals surface area contributed by atoms with Gasteiger partial charge in [0, 0.05) is 19.1 Å². The van der Waals surface area contributed by atoms with Crippen LogP contribution >= 0.6 is 0 Å². The first-order valence-electron chi connectivity index (χ1n) is 8.53. The number of rotatable bonds is 5. The maximum Gasteiger partial charge on any atom is 0.00684 e. The van der Waals surface area contributed by atoms with Crippen molar-refractivity contribution in [3.05, 3.63) is 0 Å². The lowest BCUT2D eigenvalue weighted by atomic mass is 9.76. The molecule has 0 unspecified atom stereocenters. The van der Waals surface area contributed by atoms with Crippen LogP contribution in [0, 0.1) is 10.8 Å². The standard InChI is InChI=1S/C17H32N2/c1-16(2,13-18-15-5-6-15)14-19-11-9-17(10-12-19)7-3-4-8-17/h15,18H,3-14H2,1-2H3. The van der Waals surface area contributed by atoms with E-state index < -0.39 is 0 Å². The van der Waals surface area contributed by atoms with Crippen LogP contribution in [0.2, 0.25) is 0 Å². The number of piperidine rings is 1. The summed E-state index contributed by atoms with van der Waals surface area (Å²) in [6.07, 6.45) is 11.8. The molecule has 0 radical (unpaired) electrons. The Bertz CT molecular complexity index is 290. The second-order valence-corrected chi connectivity index (χ2v) is 8.30. The second-order valence-electron chi connectivity index (χ2n) is 8.30. The van der Waals surface area contributed by atoms with Crippen LogP contribution in [0.3, 0.4) is 0 Å². The van der Waals surface area contributed by atoms with E-state index in [1.54, 1.807) is 0 Å². The summed E-state index contributed by atoms with van der Waals surface area (Å²) in [7, 11) is 0. The fourth-order valence-electron chi connectivity index (χ4n) is 4.18. The van der Waals surface area contributed by atoms with Crippen molar-refractivity contribution in [1.82, 2.24) is 10.2 Å². The van der Waals surface area contributed by atoms with E-state index in [2.05, 4.69) is 24.1 Å². The van der Waals surface area contributed by atoms with Crippen LogP contribution in [0.1, 0.15) is 65.2 Å². The average Bonchev–Trinajstić information content (AvgIpc) is 3.11. The maximum absolute atomic E-state index is 3.71. The van der Waals surface area contributed by atoms with Crippen LogP contribution in [0.5, 0.6) is 0 Å². The molecule has 2 nitrogen and oxygen atoms in total. The van der Waals surface area contributed by atoms with Gasteiger partial charge in [-0.05, 0) is 62.4 Å². The Hall–Kier alpha value is -0.0800. The maximum atomic E-state index is 3.71. The predicted molar refractivity (Wildman–Crippen MR) is 81.4 cm³/mol. The van der Waals surface area contributed by atoms with Crippen LogP contribution in [0.4, 0.5) is 0 Å². The Balaban J connectivity index is 1.42. The Morgan fingerprint density at radius 3 is 2.26 bits per heavy atom. The zero-order valence-electron chi connectivity index (χ0n) is 13.0. The van der Waals surface area contributed by atoms with Crippen molar-refractivity contribution in [2.75, 3.05) is 26.2 Å². The van der Waals surface area contributed by atoms with Gasteiger partial charge < -0.3 is 10.2 Å². The number of likely N-dealkylation sites (tertiary alicyclic amines) is 1. The van der Waals surface area contributed by atoms with Gasteiger partial charge in [-0.1, -0.05) is 26.7 Å². The third-order valence-electron chi connectivity index (χ3n) is 5.68. The average molecular weight is 264 g/mol. The summed E-state index contributed by atoms with van der Waals surface area (Å²) < 4.78 is 0. The first-order valence-corrected chi connectivity index (χ1v) is 8.53. The summed E-state index contributed by atoms with van der Waals surface area (Å²) >= 11 is 0. The second kappa shape index (κ2) is 5.37. The largest absolute Gasteiger partial charge is 0.313 e. The van der Waals surface area contributed by atoms with Crippen LogP contribution in [-0.4, -0.2) is 37.1 Å². The molecule has 1 spiro atoms. The van der Waals surface area contributed by atoms with Gasteiger partial charge in [-0.25, -0.2) is 0 Å². The molecule has 0 aromatic heterocycles. The zero-order valence-corrected chi connectivity index (χ0v) is 13.0. The number of nitrogens with zero attached hydrogens (tertiary/aromatic N) is 1. The van der Waals surface area contributed by atoms with Gasteiger partial charge in [0.15, 0.2) is 0 Å². The van der Waals surface area contributed by atoms with E-state index in [4.69, 9.17) is 0 Å². The Kier molecular flexibility index (Phi) is 3.92. The van der Waals surface area contributed by atoms with Crippen molar-refractivity contribution < 1.29 is 0 Å². The number of nitrogens with one attached hydrogen (secondary N) is 1. The third-order valence-corrected chi connectivity index (χ3v) is 5.68. The van der Waals surface area contributed by atoms with E-state index in [9.17, 15) is 0 Å². The minimum absolute atomic E-state index is 0.433. The van der Waals surface area contributed by atoms with Crippen LogP contribution < -0.4 is 5.32 Å². The summed E-state index contributed by atoms with van der Waals surface area (Å²) in [5, 5.41) is 3.71. The predicted octanol–water partition coefficient (Wildman–Crippen LogP) is 3.42. The SMILES string of the molecule is CC(C)(CNC1CC1)CN1CCC2(CCCC2)CC1. The molecule has 1 heterocycles. The normalized spacial score (nSPS) is 28.1. The summed E-state index contributed by atoms with van der Waals surface area (Å²) in [6, 6.07) is 0.849.